The first-order valence-corrected chi connectivity index (χ1v) is 7.81. The molecule has 0 N–H and O–H groups in total. The summed E-state index contributed by atoms with van der Waals surface area (Å²) in [6.07, 6.45) is 2.66. The molecule has 0 saturated heterocycles. The van der Waals surface area contributed by atoms with E-state index in [0.717, 1.165) is 24.8 Å². The van der Waals surface area contributed by atoms with Gasteiger partial charge in [0, 0.05) is 16.7 Å². The molecule has 0 bridgehead atoms. The lowest BCUT2D eigenvalue weighted by atomic mass is 9.89. The van der Waals surface area contributed by atoms with Gasteiger partial charge in [-0.3, -0.25) is 0 Å². The molecule has 1 aromatic carbocycles. The predicted octanol–water partition coefficient (Wildman–Crippen LogP) is 5.19. The fraction of sp³-hybridized carbons (Fsp3) is 0.562. The van der Waals surface area contributed by atoms with Crippen LogP contribution >= 0.6 is 23.2 Å². The number of halogens is 2. The molecule has 0 radical (unpaired) electrons. The van der Waals surface area contributed by atoms with Gasteiger partial charge in [0.2, 0.25) is 0 Å². The van der Waals surface area contributed by atoms with E-state index in [2.05, 4.69) is 6.07 Å². The van der Waals surface area contributed by atoms with Crippen LogP contribution in [0.3, 0.4) is 0 Å². The van der Waals surface area contributed by atoms with Crippen LogP contribution in [0.25, 0.3) is 0 Å². The van der Waals surface area contributed by atoms with E-state index in [1.165, 1.54) is 0 Å². The monoisotopic (exact) mass is 329 g/mol. The van der Waals surface area contributed by atoms with E-state index in [0.29, 0.717) is 29.0 Å². The topological polar surface area (TPSA) is 42.2 Å². The third kappa shape index (κ3) is 5.65. The summed E-state index contributed by atoms with van der Waals surface area (Å²) in [6, 6.07) is 5.80. The summed E-state index contributed by atoms with van der Waals surface area (Å²) < 4.78 is 11.1. The van der Waals surface area contributed by atoms with Crippen LogP contribution < -0.4 is 9.47 Å². The van der Waals surface area contributed by atoms with E-state index in [9.17, 15) is 0 Å². The summed E-state index contributed by atoms with van der Waals surface area (Å²) in [7, 11) is 1.58. The van der Waals surface area contributed by atoms with Gasteiger partial charge in [0.25, 0.3) is 0 Å². The van der Waals surface area contributed by atoms with Crippen molar-refractivity contribution in [2.75, 3.05) is 13.7 Å². The molecular weight excluding hydrogens is 309 g/mol. The van der Waals surface area contributed by atoms with Gasteiger partial charge in [-0.2, -0.15) is 5.26 Å². The maximum Gasteiger partial charge on any atom is 0.165 e. The van der Waals surface area contributed by atoms with Crippen LogP contribution in [0.5, 0.6) is 11.5 Å². The van der Waals surface area contributed by atoms with Crippen LogP contribution in [-0.2, 0) is 5.88 Å². The molecule has 0 aliphatic carbocycles. The van der Waals surface area contributed by atoms with Crippen LogP contribution in [0.1, 0.15) is 38.7 Å². The normalized spacial score (nSPS) is 11.0. The third-order valence-electron chi connectivity index (χ3n) is 3.21. The quantitative estimate of drug-likeness (QED) is 0.487. The second kappa shape index (κ2) is 8.36. The molecule has 0 amide bonds. The number of methoxy groups -OCH3 is 1. The molecule has 0 heterocycles. The van der Waals surface area contributed by atoms with Crippen LogP contribution in [0.4, 0.5) is 0 Å². The lowest BCUT2D eigenvalue weighted by molar-refractivity contribution is 0.276. The molecule has 5 heteroatoms. The Morgan fingerprint density at radius 2 is 2.00 bits per heavy atom. The fourth-order valence-corrected chi connectivity index (χ4v) is 2.37. The number of benzene rings is 1. The molecule has 0 fully saturated rings. The number of nitriles is 1. The van der Waals surface area contributed by atoms with Gasteiger partial charge >= 0.3 is 0 Å². The molecule has 0 aliphatic rings. The lowest BCUT2D eigenvalue weighted by Crippen LogP contribution is -2.09. The zero-order chi connectivity index (χ0) is 15.9. The Bertz CT molecular complexity index is 484. The minimum absolute atomic E-state index is 0.279. The largest absolute Gasteiger partial charge is 0.493 e. The Hall–Kier alpha value is -1.11. The molecule has 0 aromatic heterocycles. The van der Waals surface area contributed by atoms with E-state index in [1.807, 2.05) is 13.8 Å². The number of hydrogen-bond donors (Lipinski definition) is 0. The Balaban J connectivity index is 2.58. The smallest absolute Gasteiger partial charge is 0.165 e. The SMILES string of the molecule is COc1cc(Cl)cc(CCl)c1OCCCCC(C)(C)C#N. The van der Waals surface area contributed by atoms with Crippen LogP contribution in [0.2, 0.25) is 5.02 Å². The van der Waals surface area contributed by atoms with Gasteiger partial charge in [0.15, 0.2) is 11.5 Å². The van der Waals surface area contributed by atoms with Crippen molar-refractivity contribution in [3.63, 3.8) is 0 Å². The first-order chi connectivity index (χ1) is 9.93. The van der Waals surface area contributed by atoms with Gasteiger partial charge in [0.05, 0.1) is 31.1 Å². The van der Waals surface area contributed by atoms with Crippen molar-refractivity contribution in [3.05, 3.63) is 22.7 Å². The summed E-state index contributed by atoms with van der Waals surface area (Å²) in [6.45, 7) is 4.45. The maximum absolute atomic E-state index is 8.97. The van der Waals surface area contributed by atoms with Crippen LogP contribution in [0.15, 0.2) is 12.1 Å². The van der Waals surface area contributed by atoms with Gasteiger partial charge < -0.3 is 9.47 Å². The Labute approximate surface area is 136 Å². The highest BCUT2D eigenvalue weighted by molar-refractivity contribution is 6.31. The third-order valence-corrected chi connectivity index (χ3v) is 3.71. The number of hydrogen-bond acceptors (Lipinski definition) is 3. The van der Waals surface area contributed by atoms with Crippen molar-refractivity contribution < 1.29 is 9.47 Å². The second-order valence-corrected chi connectivity index (χ2v) is 6.23. The van der Waals surface area contributed by atoms with Gasteiger partial charge in [-0.25, -0.2) is 0 Å². The van der Waals surface area contributed by atoms with Crippen molar-refractivity contribution in [2.24, 2.45) is 5.41 Å². The summed E-state index contributed by atoms with van der Waals surface area (Å²) in [5.41, 5.74) is 0.539. The van der Waals surface area contributed by atoms with Crippen LogP contribution in [0, 0.1) is 16.7 Å². The Morgan fingerprint density at radius 1 is 1.29 bits per heavy atom. The van der Waals surface area contributed by atoms with Crippen LogP contribution in [-0.4, -0.2) is 13.7 Å². The van der Waals surface area contributed by atoms with Gasteiger partial charge in [-0.1, -0.05) is 11.6 Å². The fourth-order valence-electron chi connectivity index (χ4n) is 1.94. The number of ether oxygens (including phenoxy) is 2. The summed E-state index contributed by atoms with van der Waals surface area (Å²) in [4.78, 5) is 0. The molecule has 0 spiro atoms. The molecule has 1 rings (SSSR count). The highest BCUT2D eigenvalue weighted by atomic mass is 35.5. The zero-order valence-corrected chi connectivity index (χ0v) is 14.2. The van der Waals surface area contributed by atoms with E-state index in [-0.39, 0.29) is 5.41 Å². The molecule has 3 nitrogen and oxygen atoms in total. The Morgan fingerprint density at radius 3 is 2.57 bits per heavy atom. The average molecular weight is 330 g/mol. The van der Waals surface area contributed by atoms with Gasteiger partial charge in [-0.05, 0) is 39.2 Å². The van der Waals surface area contributed by atoms with Crippen molar-refractivity contribution in [1.29, 1.82) is 5.26 Å². The predicted molar refractivity (Wildman–Crippen MR) is 86.3 cm³/mol. The second-order valence-electron chi connectivity index (χ2n) is 5.53. The summed E-state index contributed by atoms with van der Waals surface area (Å²) in [5, 5.41) is 9.54. The summed E-state index contributed by atoms with van der Waals surface area (Å²) in [5.74, 6) is 1.56. The molecule has 0 unspecified atom stereocenters. The van der Waals surface area contributed by atoms with Crippen molar-refractivity contribution in [2.45, 2.75) is 39.0 Å². The average Bonchev–Trinajstić information content (AvgIpc) is 2.47. The molecule has 1 aromatic rings. The Kier molecular flexibility index (Phi) is 7.14. The van der Waals surface area contributed by atoms with Gasteiger partial charge in [-0.15, -0.1) is 11.6 Å². The highest BCUT2D eigenvalue weighted by Gasteiger charge is 2.16. The van der Waals surface area contributed by atoms with Crippen molar-refractivity contribution in [3.8, 4) is 17.6 Å². The number of unbranched alkanes of at least 4 members (excludes halogenated alkanes) is 1. The van der Waals surface area contributed by atoms with E-state index >= 15 is 0 Å². The first kappa shape index (κ1) is 17.9. The molecule has 0 atom stereocenters. The molecular formula is C16H21Cl2NO2. The van der Waals surface area contributed by atoms with E-state index in [4.69, 9.17) is 37.9 Å². The first-order valence-electron chi connectivity index (χ1n) is 6.90. The maximum atomic E-state index is 8.97. The molecule has 0 aliphatic heterocycles. The highest BCUT2D eigenvalue weighted by Crippen LogP contribution is 2.35. The molecule has 116 valence electrons. The number of rotatable bonds is 8. The van der Waals surface area contributed by atoms with E-state index < -0.39 is 0 Å². The molecule has 21 heavy (non-hydrogen) atoms. The minimum atomic E-state index is -0.279. The van der Waals surface area contributed by atoms with Crippen molar-refractivity contribution >= 4 is 23.2 Å². The van der Waals surface area contributed by atoms with E-state index in [1.54, 1.807) is 19.2 Å². The molecule has 0 saturated carbocycles. The lowest BCUT2D eigenvalue weighted by Gasteiger charge is -2.16. The number of alkyl halides is 1. The summed E-state index contributed by atoms with van der Waals surface area (Å²) >= 11 is 11.9. The van der Waals surface area contributed by atoms with Crippen molar-refractivity contribution in [1.82, 2.24) is 0 Å². The standard InChI is InChI=1S/C16H21Cl2NO2/c1-16(2,11-19)6-4-5-7-21-15-12(10-17)8-13(18)9-14(15)20-3/h8-9H,4-7,10H2,1-3H3. The number of nitrogens with zero attached hydrogens (tertiary/aromatic N) is 1. The van der Waals surface area contributed by atoms with Gasteiger partial charge in [0.1, 0.15) is 0 Å². The zero-order valence-electron chi connectivity index (χ0n) is 12.7. The minimum Gasteiger partial charge on any atom is -0.493 e.